The van der Waals surface area contributed by atoms with Crippen molar-refractivity contribution in [3.05, 3.63) is 29.8 Å². The minimum absolute atomic E-state index is 0.0691. The zero-order chi connectivity index (χ0) is 20.6. The zero-order valence-corrected chi connectivity index (χ0v) is 17.8. The van der Waals surface area contributed by atoms with Crippen LogP contribution in [0.4, 0.5) is 5.69 Å². The molecule has 1 saturated carbocycles. The normalized spacial score (nSPS) is 24.4. The fourth-order valence-corrected chi connectivity index (χ4v) is 6.23. The van der Waals surface area contributed by atoms with Crippen LogP contribution in [0.3, 0.4) is 0 Å². The first-order valence-electron chi connectivity index (χ1n) is 10.5. The molecule has 8 heteroatoms. The van der Waals surface area contributed by atoms with Crippen molar-refractivity contribution >= 4 is 27.2 Å². The standard InChI is InChI=1S/C21H29N3O4S/c1-16(25)17-2-4-18(5-3-17)23-11-9-22(10-12-23)14-21(26)24(19-6-7-19)20-8-13-29(27,28)15-20/h2-5,19-20H,6-15H2,1H3/p+1/t20-/m1/s1. The lowest BCUT2D eigenvalue weighted by Gasteiger charge is -2.35. The number of nitrogens with zero attached hydrogens (tertiary/aromatic N) is 2. The Labute approximate surface area is 172 Å². The predicted octanol–water partition coefficient (Wildman–Crippen LogP) is -0.228. The molecule has 7 nitrogen and oxygen atoms in total. The summed E-state index contributed by atoms with van der Waals surface area (Å²) in [6.07, 6.45) is 2.59. The molecular weight excluding hydrogens is 390 g/mol. The number of anilines is 1. The van der Waals surface area contributed by atoms with Gasteiger partial charge in [0.15, 0.2) is 22.2 Å². The number of quaternary nitrogens is 1. The molecule has 0 aromatic heterocycles. The molecule has 1 aliphatic carbocycles. The van der Waals surface area contributed by atoms with E-state index in [4.69, 9.17) is 0 Å². The first-order valence-corrected chi connectivity index (χ1v) is 12.4. The number of carbonyl (C=O) groups excluding carboxylic acids is 2. The Morgan fingerprint density at radius 1 is 1.07 bits per heavy atom. The van der Waals surface area contributed by atoms with E-state index < -0.39 is 9.84 Å². The molecule has 3 fully saturated rings. The van der Waals surface area contributed by atoms with Gasteiger partial charge in [0, 0.05) is 23.3 Å². The van der Waals surface area contributed by atoms with E-state index in [-0.39, 0.29) is 35.3 Å². The van der Waals surface area contributed by atoms with Crippen LogP contribution in [0, 0.1) is 0 Å². The molecule has 158 valence electrons. The van der Waals surface area contributed by atoms with Crippen LogP contribution in [0.2, 0.25) is 0 Å². The Hall–Kier alpha value is -1.93. The first-order chi connectivity index (χ1) is 13.8. The highest BCUT2D eigenvalue weighted by molar-refractivity contribution is 7.91. The Morgan fingerprint density at radius 3 is 2.24 bits per heavy atom. The number of ketones is 1. The number of hydrogen-bond donors (Lipinski definition) is 1. The number of hydrogen-bond acceptors (Lipinski definition) is 5. The summed E-state index contributed by atoms with van der Waals surface area (Å²) in [5.74, 6) is 0.528. The minimum atomic E-state index is -2.99. The van der Waals surface area contributed by atoms with Crippen LogP contribution in [0.25, 0.3) is 0 Å². The summed E-state index contributed by atoms with van der Waals surface area (Å²) in [5.41, 5.74) is 1.83. The second kappa shape index (κ2) is 8.07. The van der Waals surface area contributed by atoms with Crippen LogP contribution >= 0.6 is 0 Å². The van der Waals surface area contributed by atoms with E-state index >= 15 is 0 Å². The number of sulfone groups is 1. The highest BCUT2D eigenvalue weighted by Crippen LogP contribution is 2.32. The third-order valence-corrected chi connectivity index (χ3v) is 8.09. The summed E-state index contributed by atoms with van der Waals surface area (Å²) < 4.78 is 23.7. The van der Waals surface area contributed by atoms with Crippen molar-refractivity contribution in [1.82, 2.24) is 4.90 Å². The summed E-state index contributed by atoms with van der Waals surface area (Å²) in [4.78, 5) is 29.9. The molecule has 29 heavy (non-hydrogen) atoms. The topological polar surface area (TPSA) is 79.2 Å². The number of benzene rings is 1. The van der Waals surface area contributed by atoms with Gasteiger partial charge in [0.05, 0.1) is 37.7 Å². The maximum Gasteiger partial charge on any atom is 0.278 e. The number of rotatable bonds is 6. The highest BCUT2D eigenvalue weighted by atomic mass is 32.2. The van der Waals surface area contributed by atoms with E-state index in [2.05, 4.69) is 4.90 Å². The summed E-state index contributed by atoms with van der Waals surface area (Å²) in [5, 5.41) is 0. The van der Waals surface area contributed by atoms with Crippen LogP contribution in [-0.2, 0) is 14.6 Å². The van der Waals surface area contributed by atoms with Crippen LogP contribution in [0.5, 0.6) is 0 Å². The van der Waals surface area contributed by atoms with Crippen LogP contribution in [-0.4, -0.2) is 81.3 Å². The number of carbonyl (C=O) groups is 2. The fraction of sp³-hybridized carbons (Fsp3) is 0.619. The number of nitrogens with one attached hydrogen (secondary N) is 1. The van der Waals surface area contributed by atoms with Crippen molar-refractivity contribution in [2.45, 2.75) is 38.3 Å². The summed E-state index contributed by atoms with van der Waals surface area (Å²) >= 11 is 0. The molecular formula is C21H30N3O4S+. The molecule has 2 heterocycles. The Morgan fingerprint density at radius 2 is 1.72 bits per heavy atom. The molecule has 1 aromatic carbocycles. The monoisotopic (exact) mass is 420 g/mol. The lowest BCUT2D eigenvalue weighted by atomic mass is 10.1. The van der Waals surface area contributed by atoms with Crippen molar-refractivity contribution in [2.24, 2.45) is 0 Å². The van der Waals surface area contributed by atoms with E-state index in [0.29, 0.717) is 13.0 Å². The Bertz CT molecular complexity index is 872. The summed E-state index contributed by atoms with van der Waals surface area (Å²) in [6.45, 7) is 5.50. The smallest absolute Gasteiger partial charge is 0.278 e. The molecule has 0 spiro atoms. The number of Topliss-reactive ketones (excluding diaryl/α,β-unsaturated/α-hetero) is 1. The van der Waals surface area contributed by atoms with Gasteiger partial charge >= 0.3 is 0 Å². The molecule has 0 unspecified atom stereocenters. The predicted molar refractivity (Wildman–Crippen MR) is 111 cm³/mol. The lowest BCUT2D eigenvalue weighted by Crippen LogP contribution is -3.16. The maximum absolute atomic E-state index is 13.0. The number of amides is 1. The molecule has 1 N–H and O–H groups in total. The first kappa shape index (κ1) is 20.3. The summed E-state index contributed by atoms with van der Waals surface area (Å²) in [7, 11) is -2.99. The Balaban J connectivity index is 1.31. The summed E-state index contributed by atoms with van der Waals surface area (Å²) in [6, 6.07) is 7.83. The van der Waals surface area contributed by atoms with Gasteiger partial charge in [-0.15, -0.1) is 0 Å². The van der Waals surface area contributed by atoms with Gasteiger partial charge in [0.1, 0.15) is 0 Å². The quantitative estimate of drug-likeness (QED) is 0.644. The van der Waals surface area contributed by atoms with Crippen LogP contribution in [0.15, 0.2) is 24.3 Å². The average molecular weight is 421 g/mol. The second-order valence-electron chi connectivity index (χ2n) is 8.61. The second-order valence-corrected chi connectivity index (χ2v) is 10.8. The van der Waals surface area contributed by atoms with Crippen molar-refractivity contribution < 1.29 is 22.9 Å². The van der Waals surface area contributed by atoms with E-state index in [9.17, 15) is 18.0 Å². The molecule has 2 aliphatic heterocycles. The van der Waals surface area contributed by atoms with Gasteiger partial charge in [0.2, 0.25) is 0 Å². The van der Waals surface area contributed by atoms with Gasteiger partial charge in [-0.05, 0) is 50.5 Å². The van der Waals surface area contributed by atoms with Crippen molar-refractivity contribution in [3.8, 4) is 0 Å². The minimum Gasteiger partial charge on any atom is -0.360 e. The van der Waals surface area contributed by atoms with Gasteiger partial charge < -0.3 is 14.7 Å². The van der Waals surface area contributed by atoms with Crippen LogP contribution < -0.4 is 9.80 Å². The average Bonchev–Trinajstić information content (AvgIpc) is 3.45. The SMILES string of the molecule is CC(=O)c1ccc(N2CC[NH+](CC(=O)N(C3CC3)[C@@H]3CCS(=O)(=O)C3)CC2)cc1. The van der Waals surface area contributed by atoms with E-state index in [1.807, 2.05) is 29.2 Å². The zero-order valence-electron chi connectivity index (χ0n) is 17.0. The van der Waals surface area contributed by atoms with Gasteiger partial charge in [-0.25, -0.2) is 8.42 Å². The molecule has 2 saturated heterocycles. The third kappa shape index (κ3) is 4.80. The van der Waals surface area contributed by atoms with Gasteiger partial charge in [-0.3, -0.25) is 9.59 Å². The molecule has 0 radical (unpaired) electrons. The van der Waals surface area contributed by atoms with Gasteiger partial charge in [-0.2, -0.15) is 0 Å². The van der Waals surface area contributed by atoms with Crippen LogP contribution in [0.1, 0.15) is 36.5 Å². The molecule has 3 aliphatic rings. The molecule has 4 rings (SSSR count). The number of piperazine rings is 1. The van der Waals surface area contributed by atoms with Gasteiger partial charge in [-0.1, -0.05) is 0 Å². The van der Waals surface area contributed by atoms with Crippen molar-refractivity contribution in [2.75, 3.05) is 49.1 Å². The lowest BCUT2D eigenvalue weighted by molar-refractivity contribution is -0.892. The van der Waals surface area contributed by atoms with E-state index in [1.165, 1.54) is 4.90 Å². The highest BCUT2D eigenvalue weighted by Gasteiger charge is 2.43. The molecule has 1 aromatic rings. The van der Waals surface area contributed by atoms with E-state index in [0.717, 1.165) is 50.3 Å². The maximum atomic E-state index is 13.0. The largest absolute Gasteiger partial charge is 0.360 e. The third-order valence-electron chi connectivity index (χ3n) is 6.34. The molecule has 0 bridgehead atoms. The van der Waals surface area contributed by atoms with Crippen molar-refractivity contribution in [3.63, 3.8) is 0 Å². The van der Waals surface area contributed by atoms with Crippen molar-refractivity contribution in [1.29, 1.82) is 0 Å². The fourth-order valence-electron chi connectivity index (χ4n) is 4.52. The van der Waals surface area contributed by atoms with E-state index in [1.54, 1.807) is 6.92 Å². The van der Waals surface area contributed by atoms with Gasteiger partial charge in [0.25, 0.3) is 5.91 Å². The molecule has 1 amide bonds. The Kier molecular flexibility index (Phi) is 5.66. The molecule has 1 atom stereocenters.